The quantitative estimate of drug-likeness (QED) is 0.921. The topological polar surface area (TPSA) is 50.9 Å². The van der Waals surface area contributed by atoms with Gasteiger partial charge in [0.1, 0.15) is 12.7 Å². The Morgan fingerprint density at radius 2 is 2.20 bits per heavy atom. The van der Waals surface area contributed by atoms with Gasteiger partial charge in [0.15, 0.2) is 0 Å². The van der Waals surface area contributed by atoms with Crippen LogP contribution in [0.15, 0.2) is 37.4 Å². The standard InChI is InChI=1S/C14H15Cl2N3O/c1-9(12-4-3-11(15)5-13(12)16)10(2)14(20)6-19-8-17-7-18-19/h3-5,7-8,10,14,20H,1,6H2,2H3/t10-,14+/m1/s1. The fraction of sp³-hybridized carbons (Fsp3) is 0.286. The van der Waals surface area contributed by atoms with Crippen molar-refractivity contribution in [1.29, 1.82) is 0 Å². The fourth-order valence-corrected chi connectivity index (χ4v) is 2.43. The smallest absolute Gasteiger partial charge is 0.137 e. The zero-order valence-corrected chi connectivity index (χ0v) is 12.5. The van der Waals surface area contributed by atoms with Crippen molar-refractivity contribution in [2.24, 2.45) is 5.92 Å². The van der Waals surface area contributed by atoms with E-state index in [9.17, 15) is 5.11 Å². The van der Waals surface area contributed by atoms with Gasteiger partial charge in [-0.1, -0.05) is 42.8 Å². The van der Waals surface area contributed by atoms with Crippen LogP contribution in [0, 0.1) is 5.92 Å². The molecule has 0 spiro atoms. The largest absolute Gasteiger partial charge is 0.391 e. The molecule has 1 heterocycles. The molecule has 0 fully saturated rings. The van der Waals surface area contributed by atoms with E-state index in [1.165, 1.54) is 6.33 Å². The second kappa shape index (κ2) is 6.39. The highest BCUT2D eigenvalue weighted by atomic mass is 35.5. The number of nitrogens with zero attached hydrogens (tertiary/aromatic N) is 3. The number of hydrogen-bond donors (Lipinski definition) is 1. The van der Waals surface area contributed by atoms with E-state index in [0.717, 1.165) is 11.1 Å². The van der Waals surface area contributed by atoms with Gasteiger partial charge in [-0.2, -0.15) is 5.10 Å². The molecule has 0 aliphatic rings. The van der Waals surface area contributed by atoms with Crippen LogP contribution in [0.1, 0.15) is 12.5 Å². The summed E-state index contributed by atoms with van der Waals surface area (Å²) >= 11 is 12.0. The van der Waals surface area contributed by atoms with Crippen molar-refractivity contribution in [3.8, 4) is 0 Å². The van der Waals surface area contributed by atoms with Gasteiger partial charge in [0, 0.05) is 16.0 Å². The Morgan fingerprint density at radius 3 is 2.80 bits per heavy atom. The fourth-order valence-electron chi connectivity index (χ4n) is 1.90. The number of aromatic nitrogens is 3. The molecular weight excluding hydrogens is 297 g/mol. The monoisotopic (exact) mass is 311 g/mol. The molecule has 1 aromatic heterocycles. The maximum atomic E-state index is 10.2. The van der Waals surface area contributed by atoms with Crippen LogP contribution < -0.4 is 0 Å². The molecule has 106 valence electrons. The third-order valence-corrected chi connectivity index (χ3v) is 3.79. The Kier molecular flexibility index (Phi) is 4.81. The van der Waals surface area contributed by atoms with Crippen LogP contribution in [0.25, 0.3) is 5.57 Å². The molecule has 0 unspecified atom stereocenters. The van der Waals surface area contributed by atoms with Gasteiger partial charge >= 0.3 is 0 Å². The van der Waals surface area contributed by atoms with E-state index >= 15 is 0 Å². The Bertz CT molecular complexity index is 598. The summed E-state index contributed by atoms with van der Waals surface area (Å²) in [6.45, 7) is 6.28. The second-order valence-electron chi connectivity index (χ2n) is 4.62. The average Bonchev–Trinajstić information content (AvgIpc) is 2.90. The van der Waals surface area contributed by atoms with E-state index in [1.807, 2.05) is 13.0 Å². The lowest BCUT2D eigenvalue weighted by atomic mass is 9.91. The number of rotatable bonds is 5. The molecule has 0 aliphatic heterocycles. The van der Waals surface area contributed by atoms with Crippen LogP contribution >= 0.6 is 23.2 Å². The molecule has 0 amide bonds. The Morgan fingerprint density at radius 1 is 1.45 bits per heavy atom. The van der Waals surface area contributed by atoms with Crippen molar-refractivity contribution in [1.82, 2.24) is 14.8 Å². The molecular formula is C14H15Cl2N3O. The van der Waals surface area contributed by atoms with E-state index in [0.29, 0.717) is 16.6 Å². The zero-order chi connectivity index (χ0) is 14.7. The lowest BCUT2D eigenvalue weighted by molar-refractivity contribution is 0.118. The molecule has 20 heavy (non-hydrogen) atoms. The summed E-state index contributed by atoms with van der Waals surface area (Å²) in [5.41, 5.74) is 1.56. The average molecular weight is 312 g/mol. The van der Waals surface area contributed by atoms with Crippen LogP contribution in [0.3, 0.4) is 0 Å². The molecule has 0 aliphatic carbocycles. The lowest BCUT2D eigenvalue weighted by Crippen LogP contribution is -2.25. The highest BCUT2D eigenvalue weighted by molar-refractivity contribution is 6.35. The van der Waals surface area contributed by atoms with Gasteiger partial charge in [0.25, 0.3) is 0 Å². The van der Waals surface area contributed by atoms with Gasteiger partial charge in [-0.3, -0.25) is 4.68 Å². The molecule has 4 nitrogen and oxygen atoms in total. The van der Waals surface area contributed by atoms with Crippen molar-refractivity contribution in [2.45, 2.75) is 19.6 Å². The second-order valence-corrected chi connectivity index (χ2v) is 5.47. The third kappa shape index (κ3) is 3.39. The molecule has 0 saturated carbocycles. The summed E-state index contributed by atoms with van der Waals surface area (Å²) in [4.78, 5) is 3.84. The molecule has 1 N–H and O–H groups in total. The molecule has 6 heteroatoms. The van der Waals surface area contributed by atoms with Crippen LogP contribution in [-0.2, 0) is 6.54 Å². The summed E-state index contributed by atoms with van der Waals surface area (Å²) in [5.74, 6) is -0.169. The minimum atomic E-state index is -0.629. The first-order chi connectivity index (χ1) is 9.49. The number of aliphatic hydroxyl groups is 1. The number of aliphatic hydroxyl groups excluding tert-OH is 1. The Balaban J connectivity index is 2.11. The molecule has 0 saturated heterocycles. The van der Waals surface area contributed by atoms with Gasteiger partial charge < -0.3 is 5.11 Å². The van der Waals surface area contributed by atoms with Crippen LogP contribution in [0.5, 0.6) is 0 Å². The van der Waals surface area contributed by atoms with E-state index in [-0.39, 0.29) is 5.92 Å². The SMILES string of the molecule is C=C(c1ccc(Cl)cc1Cl)[C@@H](C)[C@@H](O)Cn1cncn1. The summed E-state index contributed by atoms with van der Waals surface area (Å²) in [7, 11) is 0. The first kappa shape index (κ1) is 15.0. The van der Waals surface area contributed by atoms with E-state index in [4.69, 9.17) is 23.2 Å². The maximum absolute atomic E-state index is 10.2. The molecule has 0 bridgehead atoms. The lowest BCUT2D eigenvalue weighted by Gasteiger charge is -2.22. The first-order valence-electron chi connectivity index (χ1n) is 6.13. The van der Waals surface area contributed by atoms with Crippen LogP contribution in [0.2, 0.25) is 10.0 Å². The van der Waals surface area contributed by atoms with Crippen molar-refractivity contribution in [2.75, 3.05) is 0 Å². The predicted octanol–water partition coefficient (Wildman–Crippen LogP) is 3.30. The number of benzene rings is 1. The van der Waals surface area contributed by atoms with Crippen LogP contribution in [-0.4, -0.2) is 26.0 Å². The highest BCUT2D eigenvalue weighted by Crippen LogP contribution is 2.31. The summed E-state index contributed by atoms with van der Waals surface area (Å²) in [6.07, 6.45) is 2.37. The van der Waals surface area contributed by atoms with Crippen molar-refractivity contribution in [3.05, 3.63) is 53.0 Å². The van der Waals surface area contributed by atoms with E-state index < -0.39 is 6.10 Å². The van der Waals surface area contributed by atoms with Crippen molar-refractivity contribution in [3.63, 3.8) is 0 Å². The molecule has 1 aromatic carbocycles. The Hall–Kier alpha value is -1.36. The summed E-state index contributed by atoms with van der Waals surface area (Å²) in [6, 6.07) is 5.23. The number of halogens is 2. The van der Waals surface area contributed by atoms with E-state index in [1.54, 1.807) is 23.1 Å². The minimum Gasteiger partial charge on any atom is -0.391 e. The van der Waals surface area contributed by atoms with Gasteiger partial charge in [0.05, 0.1) is 12.6 Å². The Labute approximate surface area is 127 Å². The molecule has 2 atom stereocenters. The summed E-state index contributed by atoms with van der Waals surface area (Å²) in [5, 5.41) is 15.3. The third-order valence-electron chi connectivity index (χ3n) is 3.24. The van der Waals surface area contributed by atoms with Crippen molar-refractivity contribution < 1.29 is 5.11 Å². The predicted molar refractivity (Wildman–Crippen MR) is 80.7 cm³/mol. The van der Waals surface area contributed by atoms with Gasteiger partial charge in [-0.05, 0) is 23.3 Å². The molecule has 2 aromatic rings. The number of hydrogen-bond acceptors (Lipinski definition) is 3. The zero-order valence-electron chi connectivity index (χ0n) is 11.0. The van der Waals surface area contributed by atoms with Gasteiger partial charge in [-0.25, -0.2) is 4.98 Å². The van der Waals surface area contributed by atoms with Gasteiger partial charge in [-0.15, -0.1) is 0 Å². The minimum absolute atomic E-state index is 0.169. The van der Waals surface area contributed by atoms with Crippen molar-refractivity contribution >= 4 is 28.8 Å². The normalized spacial score (nSPS) is 14.0. The van der Waals surface area contributed by atoms with Gasteiger partial charge in [0.2, 0.25) is 0 Å². The molecule has 2 rings (SSSR count). The highest BCUT2D eigenvalue weighted by Gasteiger charge is 2.20. The van der Waals surface area contributed by atoms with Crippen LogP contribution in [0.4, 0.5) is 0 Å². The summed E-state index contributed by atoms with van der Waals surface area (Å²) < 4.78 is 1.58. The maximum Gasteiger partial charge on any atom is 0.137 e. The van der Waals surface area contributed by atoms with E-state index in [2.05, 4.69) is 16.7 Å². The molecule has 0 radical (unpaired) electrons. The first-order valence-corrected chi connectivity index (χ1v) is 6.89.